The minimum absolute atomic E-state index is 0.135. The second kappa shape index (κ2) is 6.78. The number of nitro benzene ring substituents is 1. The van der Waals surface area contributed by atoms with Crippen molar-refractivity contribution in [1.29, 1.82) is 0 Å². The highest BCUT2D eigenvalue weighted by molar-refractivity contribution is 7.11. The Labute approximate surface area is 128 Å². The third-order valence-corrected chi connectivity index (χ3v) is 4.60. The fraction of sp³-hybridized carbons (Fsp3) is 0.400. The van der Waals surface area contributed by atoms with Crippen LogP contribution in [0.4, 0.5) is 5.69 Å². The highest BCUT2D eigenvalue weighted by Gasteiger charge is 2.12. The Balaban J connectivity index is 1.86. The van der Waals surface area contributed by atoms with Crippen molar-refractivity contribution >= 4 is 17.0 Å². The molecule has 1 unspecified atom stereocenters. The maximum atomic E-state index is 10.6. The SMILES string of the molecule is Cc1nc(C)c(C(C)NCCc2ccc([N+](=O)[O-])cc2)s1. The second-order valence-corrected chi connectivity index (χ2v) is 6.27. The number of rotatable bonds is 6. The van der Waals surface area contributed by atoms with Crippen molar-refractivity contribution in [3.63, 3.8) is 0 Å². The van der Waals surface area contributed by atoms with E-state index in [1.165, 1.54) is 4.88 Å². The lowest BCUT2D eigenvalue weighted by Gasteiger charge is -2.12. The van der Waals surface area contributed by atoms with E-state index < -0.39 is 0 Å². The molecule has 1 atom stereocenters. The van der Waals surface area contributed by atoms with Gasteiger partial charge in [-0.2, -0.15) is 0 Å². The number of benzene rings is 1. The zero-order valence-electron chi connectivity index (χ0n) is 12.4. The molecular formula is C15H19N3O2S. The van der Waals surface area contributed by atoms with Gasteiger partial charge in [0.2, 0.25) is 0 Å². The van der Waals surface area contributed by atoms with Crippen LogP contribution in [0.2, 0.25) is 0 Å². The largest absolute Gasteiger partial charge is 0.309 e. The molecule has 2 aromatic rings. The van der Waals surface area contributed by atoms with Gasteiger partial charge in [0.1, 0.15) is 0 Å². The Bertz CT molecular complexity index is 622. The molecule has 0 bridgehead atoms. The summed E-state index contributed by atoms with van der Waals surface area (Å²) in [5, 5.41) is 15.2. The number of nitrogens with one attached hydrogen (secondary N) is 1. The first-order chi connectivity index (χ1) is 9.97. The standard InChI is InChI=1S/C15H19N3O2S/c1-10(15-11(2)17-12(3)21-15)16-9-8-13-4-6-14(7-5-13)18(19)20/h4-7,10,16H,8-9H2,1-3H3. The maximum Gasteiger partial charge on any atom is 0.269 e. The molecule has 21 heavy (non-hydrogen) atoms. The smallest absolute Gasteiger partial charge is 0.269 e. The molecule has 0 aliphatic rings. The molecule has 2 rings (SSSR count). The third kappa shape index (κ3) is 4.09. The van der Waals surface area contributed by atoms with E-state index in [1.54, 1.807) is 23.5 Å². The Morgan fingerprint density at radius 2 is 2.00 bits per heavy atom. The molecule has 1 aromatic heterocycles. The molecule has 0 aliphatic heterocycles. The number of non-ortho nitro benzene ring substituents is 1. The van der Waals surface area contributed by atoms with Crippen LogP contribution >= 0.6 is 11.3 Å². The number of nitrogens with zero attached hydrogens (tertiary/aromatic N) is 2. The monoisotopic (exact) mass is 305 g/mol. The van der Waals surface area contributed by atoms with Gasteiger partial charge in [-0.3, -0.25) is 10.1 Å². The Morgan fingerprint density at radius 1 is 1.33 bits per heavy atom. The van der Waals surface area contributed by atoms with E-state index in [9.17, 15) is 10.1 Å². The topological polar surface area (TPSA) is 68.1 Å². The average molecular weight is 305 g/mol. The van der Waals surface area contributed by atoms with Crippen molar-refractivity contribution in [3.05, 3.63) is 55.5 Å². The first kappa shape index (κ1) is 15.6. The molecule has 1 aromatic carbocycles. The molecule has 5 nitrogen and oxygen atoms in total. The van der Waals surface area contributed by atoms with Crippen molar-refractivity contribution in [3.8, 4) is 0 Å². The lowest BCUT2D eigenvalue weighted by atomic mass is 10.1. The molecule has 1 heterocycles. The van der Waals surface area contributed by atoms with E-state index in [1.807, 2.05) is 26.0 Å². The molecule has 0 fully saturated rings. The van der Waals surface area contributed by atoms with Crippen LogP contribution in [-0.4, -0.2) is 16.5 Å². The fourth-order valence-corrected chi connectivity index (χ4v) is 3.21. The van der Waals surface area contributed by atoms with Gasteiger partial charge in [0.05, 0.1) is 15.6 Å². The Kier molecular flexibility index (Phi) is 5.03. The van der Waals surface area contributed by atoms with Crippen molar-refractivity contribution < 1.29 is 4.92 Å². The molecule has 0 aliphatic carbocycles. The summed E-state index contributed by atoms with van der Waals surface area (Å²) in [4.78, 5) is 15.9. The minimum atomic E-state index is -0.376. The Hall–Kier alpha value is -1.79. The van der Waals surface area contributed by atoms with Gasteiger partial charge in [-0.25, -0.2) is 4.98 Å². The summed E-state index contributed by atoms with van der Waals surface area (Å²) in [5.41, 5.74) is 2.32. The molecule has 0 saturated heterocycles. The molecule has 112 valence electrons. The summed E-state index contributed by atoms with van der Waals surface area (Å²) in [5.74, 6) is 0. The number of aromatic nitrogens is 1. The second-order valence-electron chi connectivity index (χ2n) is 5.03. The van der Waals surface area contributed by atoms with E-state index in [-0.39, 0.29) is 16.7 Å². The highest BCUT2D eigenvalue weighted by atomic mass is 32.1. The lowest BCUT2D eigenvalue weighted by Crippen LogP contribution is -2.21. The third-order valence-electron chi connectivity index (χ3n) is 3.34. The summed E-state index contributed by atoms with van der Waals surface area (Å²) in [6.07, 6.45) is 0.846. The van der Waals surface area contributed by atoms with Crippen molar-refractivity contribution in [2.24, 2.45) is 0 Å². The summed E-state index contributed by atoms with van der Waals surface area (Å²) in [6.45, 7) is 7.02. The average Bonchev–Trinajstić information content (AvgIpc) is 2.78. The molecule has 0 saturated carbocycles. The van der Waals surface area contributed by atoms with Crippen LogP contribution in [0.3, 0.4) is 0 Å². The van der Waals surface area contributed by atoms with Crippen LogP contribution in [0.5, 0.6) is 0 Å². The maximum absolute atomic E-state index is 10.6. The quantitative estimate of drug-likeness (QED) is 0.654. The van der Waals surface area contributed by atoms with E-state index in [4.69, 9.17) is 0 Å². The van der Waals surface area contributed by atoms with Gasteiger partial charge in [-0.15, -0.1) is 11.3 Å². The minimum Gasteiger partial charge on any atom is -0.309 e. The van der Waals surface area contributed by atoms with E-state index in [0.29, 0.717) is 0 Å². The Morgan fingerprint density at radius 3 is 2.52 bits per heavy atom. The zero-order chi connectivity index (χ0) is 15.4. The van der Waals surface area contributed by atoms with Crippen LogP contribution in [0.1, 0.15) is 34.1 Å². The molecule has 1 N–H and O–H groups in total. The predicted octanol–water partition coefficient (Wildman–Crippen LogP) is 3.56. The summed E-state index contributed by atoms with van der Waals surface area (Å²) < 4.78 is 0. The zero-order valence-corrected chi connectivity index (χ0v) is 13.2. The lowest BCUT2D eigenvalue weighted by molar-refractivity contribution is -0.384. The van der Waals surface area contributed by atoms with Gasteiger partial charge in [-0.05, 0) is 39.3 Å². The van der Waals surface area contributed by atoms with Gasteiger partial charge in [0.25, 0.3) is 5.69 Å². The van der Waals surface area contributed by atoms with Gasteiger partial charge < -0.3 is 5.32 Å². The first-order valence-corrected chi connectivity index (χ1v) is 7.69. The number of hydrogen-bond donors (Lipinski definition) is 1. The number of aryl methyl sites for hydroxylation is 2. The summed E-state index contributed by atoms with van der Waals surface area (Å²) in [6, 6.07) is 7.00. The van der Waals surface area contributed by atoms with Crippen LogP contribution in [-0.2, 0) is 6.42 Å². The van der Waals surface area contributed by atoms with Crippen LogP contribution in [0.15, 0.2) is 24.3 Å². The van der Waals surface area contributed by atoms with Gasteiger partial charge in [0.15, 0.2) is 0 Å². The van der Waals surface area contributed by atoms with Gasteiger partial charge >= 0.3 is 0 Å². The summed E-state index contributed by atoms with van der Waals surface area (Å²) >= 11 is 1.73. The van der Waals surface area contributed by atoms with Crippen LogP contribution in [0.25, 0.3) is 0 Å². The van der Waals surface area contributed by atoms with Crippen molar-refractivity contribution in [1.82, 2.24) is 10.3 Å². The number of nitro groups is 1. The first-order valence-electron chi connectivity index (χ1n) is 6.88. The van der Waals surface area contributed by atoms with Gasteiger partial charge in [0, 0.05) is 23.1 Å². The van der Waals surface area contributed by atoms with Crippen LogP contribution < -0.4 is 5.32 Å². The van der Waals surface area contributed by atoms with Crippen LogP contribution in [0, 0.1) is 24.0 Å². The van der Waals surface area contributed by atoms with Crippen molar-refractivity contribution in [2.45, 2.75) is 33.2 Å². The molecular weight excluding hydrogens is 286 g/mol. The number of thiazole rings is 1. The highest BCUT2D eigenvalue weighted by Crippen LogP contribution is 2.24. The van der Waals surface area contributed by atoms with Gasteiger partial charge in [-0.1, -0.05) is 12.1 Å². The van der Waals surface area contributed by atoms with E-state index in [2.05, 4.69) is 17.2 Å². The van der Waals surface area contributed by atoms with E-state index in [0.717, 1.165) is 29.2 Å². The summed E-state index contributed by atoms with van der Waals surface area (Å²) in [7, 11) is 0. The molecule has 6 heteroatoms. The fourth-order valence-electron chi connectivity index (χ4n) is 2.26. The number of hydrogen-bond acceptors (Lipinski definition) is 5. The predicted molar refractivity (Wildman–Crippen MR) is 84.8 cm³/mol. The van der Waals surface area contributed by atoms with Crippen molar-refractivity contribution in [2.75, 3.05) is 6.54 Å². The normalized spacial score (nSPS) is 12.3. The van der Waals surface area contributed by atoms with E-state index >= 15 is 0 Å². The molecule has 0 amide bonds. The molecule has 0 radical (unpaired) electrons. The molecule has 0 spiro atoms.